The Bertz CT molecular complexity index is 957. The molecule has 2 heterocycles. The summed E-state index contributed by atoms with van der Waals surface area (Å²) in [5.74, 6) is 0.307. The maximum Gasteiger partial charge on any atom is 0.238 e. The molecule has 6 nitrogen and oxygen atoms in total. The molecule has 1 aliphatic rings. The molecule has 2 N–H and O–H groups in total. The van der Waals surface area contributed by atoms with Gasteiger partial charge in [-0.3, -0.25) is 9.69 Å². The van der Waals surface area contributed by atoms with Crippen LogP contribution in [0.15, 0.2) is 54.9 Å². The zero-order chi connectivity index (χ0) is 19.3. The van der Waals surface area contributed by atoms with Crippen molar-refractivity contribution in [3.05, 3.63) is 60.7 Å². The van der Waals surface area contributed by atoms with Gasteiger partial charge in [0.05, 0.1) is 6.54 Å². The predicted molar refractivity (Wildman–Crippen MR) is 108 cm³/mol. The number of piperidine rings is 1. The Morgan fingerprint density at radius 2 is 1.86 bits per heavy atom. The summed E-state index contributed by atoms with van der Waals surface area (Å²) in [5.41, 5.74) is 1.14. The molecule has 0 bridgehead atoms. The fourth-order valence-electron chi connectivity index (χ4n) is 3.52. The monoisotopic (exact) mass is 379 g/mol. The van der Waals surface area contributed by atoms with Gasteiger partial charge in [0.2, 0.25) is 5.91 Å². The highest BCUT2D eigenvalue weighted by Crippen LogP contribution is 2.23. The van der Waals surface area contributed by atoms with Crippen LogP contribution in [0, 0.1) is 5.82 Å². The molecule has 3 aromatic rings. The molecular formula is C21H22FN5O. The minimum atomic E-state index is -0.345. The van der Waals surface area contributed by atoms with E-state index >= 15 is 0 Å². The van der Waals surface area contributed by atoms with Crippen molar-refractivity contribution in [2.24, 2.45) is 0 Å². The van der Waals surface area contributed by atoms with Gasteiger partial charge >= 0.3 is 0 Å². The van der Waals surface area contributed by atoms with Crippen LogP contribution < -0.4 is 10.6 Å². The minimum Gasteiger partial charge on any atom is -0.367 e. The number of anilines is 2. The second-order valence-electron chi connectivity index (χ2n) is 6.97. The second-order valence-corrected chi connectivity index (χ2v) is 6.97. The standard InChI is InChI=1S/C21H22FN5O/c22-18-8-4-7-17-20(18)23-14-24-21(17)26-16-9-11-27(12-10-16)13-19(28)25-15-5-2-1-3-6-15/h1-8,14,16H,9-13H2,(H,25,28)(H,23,24,26). The average Bonchev–Trinajstić information content (AvgIpc) is 2.71. The van der Waals surface area contributed by atoms with E-state index in [9.17, 15) is 9.18 Å². The van der Waals surface area contributed by atoms with Crippen molar-refractivity contribution in [1.82, 2.24) is 14.9 Å². The van der Waals surface area contributed by atoms with Crippen LogP contribution in [-0.2, 0) is 4.79 Å². The van der Waals surface area contributed by atoms with E-state index in [1.165, 1.54) is 12.4 Å². The van der Waals surface area contributed by atoms with Gasteiger partial charge in [0, 0.05) is 30.2 Å². The largest absolute Gasteiger partial charge is 0.367 e. The van der Waals surface area contributed by atoms with Crippen LogP contribution in [0.3, 0.4) is 0 Å². The molecule has 28 heavy (non-hydrogen) atoms. The number of carbonyl (C=O) groups is 1. The molecule has 1 amide bonds. The number of fused-ring (bicyclic) bond motifs is 1. The van der Waals surface area contributed by atoms with Crippen molar-refractivity contribution >= 4 is 28.3 Å². The molecule has 1 fully saturated rings. The van der Waals surface area contributed by atoms with E-state index in [1.54, 1.807) is 6.07 Å². The average molecular weight is 379 g/mol. The van der Waals surface area contributed by atoms with Crippen LogP contribution in [0.25, 0.3) is 10.9 Å². The van der Waals surface area contributed by atoms with E-state index in [0.717, 1.165) is 31.6 Å². The summed E-state index contributed by atoms with van der Waals surface area (Å²) in [6.07, 6.45) is 3.16. The number of likely N-dealkylation sites (tertiary alicyclic amines) is 1. The number of hydrogen-bond donors (Lipinski definition) is 2. The molecular weight excluding hydrogens is 357 g/mol. The number of aromatic nitrogens is 2. The van der Waals surface area contributed by atoms with Crippen LogP contribution in [0.2, 0.25) is 0 Å². The third kappa shape index (κ3) is 4.26. The summed E-state index contributed by atoms with van der Waals surface area (Å²) in [7, 11) is 0. The SMILES string of the molecule is O=C(CN1CCC(Nc2ncnc3c(F)cccc23)CC1)Nc1ccccc1. The van der Waals surface area contributed by atoms with Crippen molar-refractivity contribution in [2.45, 2.75) is 18.9 Å². The van der Waals surface area contributed by atoms with Crippen LogP contribution in [-0.4, -0.2) is 46.5 Å². The Kier molecular flexibility index (Phi) is 5.43. The maximum atomic E-state index is 13.9. The molecule has 1 aliphatic heterocycles. The first-order chi connectivity index (χ1) is 13.7. The number of halogens is 1. The number of rotatable bonds is 5. The van der Waals surface area contributed by atoms with Crippen molar-refractivity contribution in [3.8, 4) is 0 Å². The molecule has 0 aliphatic carbocycles. The van der Waals surface area contributed by atoms with E-state index < -0.39 is 0 Å². The lowest BCUT2D eigenvalue weighted by atomic mass is 10.0. The van der Waals surface area contributed by atoms with E-state index in [4.69, 9.17) is 0 Å². The molecule has 4 rings (SSSR count). The lowest BCUT2D eigenvalue weighted by Crippen LogP contribution is -2.42. The molecule has 0 radical (unpaired) electrons. The number of hydrogen-bond acceptors (Lipinski definition) is 5. The molecule has 1 aromatic heterocycles. The zero-order valence-corrected chi connectivity index (χ0v) is 15.4. The van der Waals surface area contributed by atoms with Gasteiger partial charge < -0.3 is 10.6 Å². The first kappa shape index (κ1) is 18.3. The second kappa shape index (κ2) is 8.31. The summed E-state index contributed by atoms with van der Waals surface area (Å²) >= 11 is 0. The van der Waals surface area contributed by atoms with Gasteiger partial charge in [-0.05, 0) is 37.1 Å². The smallest absolute Gasteiger partial charge is 0.238 e. The zero-order valence-electron chi connectivity index (χ0n) is 15.4. The highest BCUT2D eigenvalue weighted by Gasteiger charge is 2.22. The third-order valence-electron chi connectivity index (χ3n) is 4.97. The molecule has 7 heteroatoms. The van der Waals surface area contributed by atoms with Gasteiger partial charge in [0.15, 0.2) is 0 Å². The fraction of sp³-hybridized carbons (Fsp3) is 0.286. The summed E-state index contributed by atoms with van der Waals surface area (Å²) in [6, 6.07) is 14.6. The lowest BCUT2D eigenvalue weighted by molar-refractivity contribution is -0.117. The van der Waals surface area contributed by atoms with Crippen molar-refractivity contribution in [2.75, 3.05) is 30.3 Å². The van der Waals surface area contributed by atoms with Crippen molar-refractivity contribution in [3.63, 3.8) is 0 Å². The Labute approximate surface area is 162 Å². The molecule has 0 spiro atoms. The molecule has 0 saturated carbocycles. The van der Waals surface area contributed by atoms with Gasteiger partial charge in [-0.2, -0.15) is 0 Å². The van der Waals surface area contributed by atoms with E-state index in [1.807, 2.05) is 36.4 Å². The Balaban J connectivity index is 1.31. The van der Waals surface area contributed by atoms with E-state index in [2.05, 4.69) is 25.5 Å². The normalized spacial score (nSPS) is 15.5. The van der Waals surface area contributed by atoms with Gasteiger partial charge in [-0.25, -0.2) is 14.4 Å². The highest BCUT2D eigenvalue weighted by atomic mass is 19.1. The predicted octanol–water partition coefficient (Wildman–Crippen LogP) is 3.28. The molecule has 1 saturated heterocycles. The summed E-state index contributed by atoms with van der Waals surface area (Å²) < 4.78 is 13.9. The van der Waals surface area contributed by atoms with E-state index in [0.29, 0.717) is 23.3 Å². The maximum absolute atomic E-state index is 13.9. The number of benzene rings is 2. The van der Waals surface area contributed by atoms with Crippen molar-refractivity contribution in [1.29, 1.82) is 0 Å². The van der Waals surface area contributed by atoms with E-state index in [-0.39, 0.29) is 17.8 Å². The van der Waals surface area contributed by atoms with Gasteiger partial charge in [0.1, 0.15) is 23.5 Å². The quantitative estimate of drug-likeness (QED) is 0.712. The van der Waals surface area contributed by atoms with Crippen molar-refractivity contribution < 1.29 is 9.18 Å². The first-order valence-electron chi connectivity index (χ1n) is 9.42. The molecule has 144 valence electrons. The van der Waals surface area contributed by atoms with Crippen LogP contribution in [0.1, 0.15) is 12.8 Å². The number of nitrogens with one attached hydrogen (secondary N) is 2. The Morgan fingerprint density at radius 1 is 1.07 bits per heavy atom. The minimum absolute atomic E-state index is 0.00474. The Morgan fingerprint density at radius 3 is 2.64 bits per heavy atom. The highest BCUT2D eigenvalue weighted by molar-refractivity contribution is 5.92. The molecule has 0 unspecified atom stereocenters. The summed E-state index contributed by atoms with van der Waals surface area (Å²) in [6.45, 7) is 2.01. The molecule has 2 aromatic carbocycles. The number of amides is 1. The number of para-hydroxylation sites is 2. The van der Waals surface area contributed by atoms with Gasteiger partial charge in [-0.1, -0.05) is 24.3 Å². The van der Waals surface area contributed by atoms with Crippen LogP contribution in [0.4, 0.5) is 15.9 Å². The summed E-state index contributed by atoms with van der Waals surface area (Å²) in [5, 5.41) is 7.02. The summed E-state index contributed by atoms with van der Waals surface area (Å²) in [4.78, 5) is 22.7. The van der Waals surface area contributed by atoms with Crippen LogP contribution >= 0.6 is 0 Å². The Hall–Kier alpha value is -3.06. The topological polar surface area (TPSA) is 70.2 Å². The van der Waals surface area contributed by atoms with Gasteiger partial charge in [0.25, 0.3) is 0 Å². The third-order valence-corrected chi connectivity index (χ3v) is 4.97. The number of carbonyl (C=O) groups excluding carboxylic acids is 1. The molecule has 0 atom stereocenters. The first-order valence-corrected chi connectivity index (χ1v) is 9.42. The fourth-order valence-corrected chi connectivity index (χ4v) is 3.52. The van der Waals surface area contributed by atoms with Crippen LogP contribution in [0.5, 0.6) is 0 Å². The lowest BCUT2D eigenvalue weighted by Gasteiger charge is -2.32. The van der Waals surface area contributed by atoms with Gasteiger partial charge in [-0.15, -0.1) is 0 Å². The number of nitrogens with zero attached hydrogens (tertiary/aromatic N) is 3.